The molecule has 4 aliphatic rings. The molecule has 2 aliphatic carbocycles. The zero-order valence-corrected chi connectivity index (χ0v) is 14.4. The number of nitrogens with one attached hydrogen (secondary N) is 2. The average molecular weight is 376 g/mol. The number of carboxylic acid groups (broad SMARTS) is 1. The maximum absolute atomic E-state index is 11.7. The van der Waals surface area contributed by atoms with Crippen LogP contribution in [0.1, 0.15) is 6.92 Å². The van der Waals surface area contributed by atoms with Crippen molar-refractivity contribution in [3.05, 3.63) is 36.5 Å². The number of benzene rings is 1. The van der Waals surface area contributed by atoms with Crippen molar-refractivity contribution in [2.75, 3.05) is 0 Å². The van der Waals surface area contributed by atoms with Gasteiger partial charge in [0.25, 0.3) is 11.8 Å². The van der Waals surface area contributed by atoms with Crippen LogP contribution in [0.3, 0.4) is 0 Å². The first-order valence-corrected chi connectivity index (χ1v) is 8.49. The van der Waals surface area contributed by atoms with Gasteiger partial charge < -0.3 is 15.3 Å². The molecule has 0 aromatic carbocycles. The van der Waals surface area contributed by atoms with Crippen LogP contribution >= 0.6 is 11.8 Å². The molecule has 0 spiro atoms. The molecule has 0 radical (unpaired) electrons. The van der Waals surface area contributed by atoms with E-state index in [-0.39, 0.29) is 5.91 Å². The lowest BCUT2D eigenvalue weighted by molar-refractivity contribution is -0.147. The Hall–Kier alpha value is -2.85. The smallest absolute Gasteiger partial charge is 0.333 e. The molecule has 0 bridgehead atoms. The largest absolute Gasteiger partial charge is 0.480 e. The Morgan fingerprint density at radius 3 is 2.38 bits per heavy atom. The molecule has 1 fully saturated rings. The highest BCUT2D eigenvalue weighted by Gasteiger charge is 2.58. The van der Waals surface area contributed by atoms with Crippen molar-refractivity contribution in [2.45, 2.75) is 23.1 Å². The van der Waals surface area contributed by atoms with Crippen LogP contribution in [0.4, 0.5) is 0 Å². The number of carbonyl (C=O) groups excluding carboxylic acids is 3. The summed E-state index contributed by atoms with van der Waals surface area (Å²) >= 11 is 0.735. The summed E-state index contributed by atoms with van der Waals surface area (Å²) in [6.07, 6.45) is 2.33. The third kappa shape index (κ3) is 2.93. The van der Waals surface area contributed by atoms with Crippen LogP contribution in [-0.4, -0.2) is 49.9 Å². The first-order chi connectivity index (χ1) is 12.3. The van der Waals surface area contributed by atoms with E-state index < -0.39 is 33.9 Å². The number of hydrazine groups is 1. The molecule has 2 aliphatic heterocycles. The predicted octanol–water partition coefficient (Wildman–Crippen LogP) is -0.600. The van der Waals surface area contributed by atoms with Gasteiger partial charge in [-0.05, 0) is 23.3 Å². The zero-order chi connectivity index (χ0) is 19.1. The number of carboxylic acids is 1. The number of hydrogen-bond acceptors (Lipinski definition) is 6. The van der Waals surface area contributed by atoms with E-state index in [1.807, 2.05) is 0 Å². The third-order valence-corrected chi connectivity index (χ3v) is 5.72. The topological polar surface area (TPSA) is 142 Å². The average Bonchev–Trinajstić information content (AvgIpc) is 3.23. The van der Waals surface area contributed by atoms with E-state index in [0.29, 0.717) is 0 Å². The molecule has 0 aromatic heterocycles. The standard InChI is InChI=1S/C10H12N4O5S.C6H4/c1-4(15)12-5-6(16)14-3-2-10(9(18)19,8(17)13-11)20-7(5)14;1-2-5-4-6(5)3-1/h2-3,5,7H,11H2,1H3,(H,12,15)(H,13,17)(H,18,19);1-4H/t5?,7-,10?;/m1./s1. The maximum atomic E-state index is 11.7. The van der Waals surface area contributed by atoms with Crippen molar-refractivity contribution in [3.63, 3.8) is 0 Å². The molecule has 10 heteroatoms. The summed E-state index contributed by atoms with van der Waals surface area (Å²) in [5, 5.41) is 11.0. The highest BCUT2D eigenvalue weighted by atomic mass is 32.2. The lowest BCUT2D eigenvalue weighted by atomic mass is 10.0. The summed E-state index contributed by atoms with van der Waals surface area (Å²) in [4.78, 5) is 47.1. The van der Waals surface area contributed by atoms with Crippen LogP contribution in [0.2, 0.25) is 0 Å². The number of nitrogens with zero attached hydrogens (tertiary/aromatic N) is 1. The SMILES string of the molecule is CC(=O)NC1C(=O)N2C=CC(C(=O)O)(C(=O)NN)S[C@H]12.c1cc2cc-2c1. The molecule has 9 nitrogen and oxygen atoms in total. The number of carbonyl (C=O) groups is 4. The van der Waals surface area contributed by atoms with Crippen molar-refractivity contribution < 1.29 is 24.3 Å². The first kappa shape index (κ1) is 18.0. The molecule has 5 N–H and O–H groups in total. The minimum atomic E-state index is -1.92. The first-order valence-electron chi connectivity index (χ1n) is 7.61. The number of fused-ring (bicyclic) bond motifs is 2. The molecule has 2 heterocycles. The van der Waals surface area contributed by atoms with Crippen LogP contribution in [0.25, 0.3) is 11.1 Å². The van der Waals surface area contributed by atoms with Crippen molar-refractivity contribution in [1.82, 2.24) is 15.6 Å². The third-order valence-electron chi connectivity index (χ3n) is 4.11. The summed E-state index contributed by atoms with van der Waals surface area (Å²) in [6, 6.07) is 7.63. The van der Waals surface area contributed by atoms with E-state index in [1.54, 1.807) is 5.43 Å². The van der Waals surface area contributed by atoms with Crippen molar-refractivity contribution in [2.24, 2.45) is 5.84 Å². The number of amides is 3. The van der Waals surface area contributed by atoms with Gasteiger partial charge in [-0.15, -0.1) is 11.8 Å². The minimum Gasteiger partial charge on any atom is -0.480 e. The number of aliphatic carboxylic acids is 1. The van der Waals surface area contributed by atoms with Crippen LogP contribution in [0.15, 0.2) is 36.5 Å². The van der Waals surface area contributed by atoms with Crippen LogP contribution < -0.4 is 16.6 Å². The summed E-state index contributed by atoms with van der Waals surface area (Å²) in [5.74, 6) is 1.92. The Labute approximate surface area is 152 Å². The van der Waals surface area contributed by atoms with Gasteiger partial charge in [-0.2, -0.15) is 0 Å². The molecule has 26 heavy (non-hydrogen) atoms. The van der Waals surface area contributed by atoms with Gasteiger partial charge in [-0.1, -0.05) is 18.2 Å². The Balaban J connectivity index is 0.000000269. The lowest BCUT2D eigenvalue weighted by Crippen LogP contribution is -2.71. The zero-order valence-electron chi connectivity index (χ0n) is 13.6. The molecule has 4 rings (SSSR count). The molecule has 3 amide bonds. The Bertz CT molecular complexity index is 824. The predicted molar refractivity (Wildman–Crippen MR) is 93.1 cm³/mol. The van der Waals surface area contributed by atoms with Gasteiger partial charge in [0.2, 0.25) is 10.7 Å². The summed E-state index contributed by atoms with van der Waals surface area (Å²) in [5.41, 5.74) is 4.65. The van der Waals surface area contributed by atoms with E-state index in [0.717, 1.165) is 17.8 Å². The Morgan fingerprint density at radius 1 is 1.31 bits per heavy atom. The Kier molecular flexibility index (Phi) is 4.46. The summed E-state index contributed by atoms with van der Waals surface area (Å²) in [6.45, 7) is 1.25. The van der Waals surface area contributed by atoms with Gasteiger partial charge in [0.1, 0.15) is 11.4 Å². The highest BCUT2D eigenvalue weighted by molar-refractivity contribution is 8.03. The van der Waals surface area contributed by atoms with Gasteiger partial charge in [-0.3, -0.25) is 19.8 Å². The van der Waals surface area contributed by atoms with Crippen LogP contribution in [-0.2, 0) is 19.2 Å². The van der Waals surface area contributed by atoms with E-state index in [1.165, 1.54) is 29.2 Å². The van der Waals surface area contributed by atoms with E-state index in [4.69, 9.17) is 5.84 Å². The van der Waals surface area contributed by atoms with Gasteiger partial charge in [-0.25, -0.2) is 10.6 Å². The number of rotatable bonds is 3. The molecule has 1 saturated heterocycles. The summed E-state index contributed by atoms with van der Waals surface area (Å²) < 4.78 is -1.92. The van der Waals surface area contributed by atoms with Crippen LogP contribution in [0, 0.1) is 0 Å². The fraction of sp³-hybridized carbons (Fsp3) is 0.250. The van der Waals surface area contributed by atoms with Crippen LogP contribution in [0.5, 0.6) is 0 Å². The Morgan fingerprint density at radius 2 is 1.96 bits per heavy atom. The van der Waals surface area contributed by atoms with Crippen molar-refractivity contribution >= 4 is 35.5 Å². The molecular weight excluding hydrogens is 360 g/mol. The summed E-state index contributed by atoms with van der Waals surface area (Å²) in [7, 11) is 0. The van der Waals surface area contributed by atoms with Gasteiger partial charge >= 0.3 is 5.97 Å². The number of nitrogens with two attached hydrogens (primary N) is 1. The molecule has 3 atom stereocenters. The second kappa shape index (κ2) is 6.46. The normalized spacial score (nSPS) is 26.5. The molecule has 0 aromatic rings. The van der Waals surface area contributed by atoms with Gasteiger partial charge in [0.15, 0.2) is 0 Å². The second-order valence-corrected chi connectivity index (χ2v) is 7.21. The van der Waals surface area contributed by atoms with E-state index >= 15 is 0 Å². The van der Waals surface area contributed by atoms with Crippen molar-refractivity contribution in [1.29, 1.82) is 0 Å². The monoisotopic (exact) mass is 376 g/mol. The van der Waals surface area contributed by atoms with Crippen molar-refractivity contribution in [3.8, 4) is 11.1 Å². The van der Waals surface area contributed by atoms with E-state index in [9.17, 15) is 24.3 Å². The number of hydrogen-bond donors (Lipinski definition) is 4. The van der Waals surface area contributed by atoms with Gasteiger partial charge in [0, 0.05) is 13.1 Å². The molecule has 0 saturated carbocycles. The fourth-order valence-corrected chi connectivity index (χ4v) is 4.06. The molecular formula is C16H16N4O5S. The quantitative estimate of drug-likeness (QED) is 0.184. The fourth-order valence-electron chi connectivity index (χ4n) is 2.67. The maximum Gasteiger partial charge on any atom is 0.333 e. The minimum absolute atomic E-state index is 0.360. The lowest BCUT2D eigenvalue weighted by Gasteiger charge is -2.49. The van der Waals surface area contributed by atoms with Gasteiger partial charge in [0.05, 0.1) is 0 Å². The second-order valence-electron chi connectivity index (χ2n) is 5.84. The number of thioether (sulfide) groups is 1. The molecule has 2 unspecified atom stereocenters. The van der Waals surface area contributed by atoms with E-state index in [2.05, 4.69) is 29.6 Å². The number of β-lactam (4-membered cyclic amide) rings is 1. The highest BCUT2D eigenvalue weighted by Crippen LogP contribution is 2.44. The molecule has 136 valence electrons.